The number of amides is 2. The van der Waals surface area contributed by atoms with Crippen LogP contribution in [0, 0.1) is 5.92 Å². The topological polar surface area (TPSA) is 124 Å². The first-order chi connectivity index (χ1) is 12.3. The average Bonchev–Trinajstić information content (AvgIpc) is 2.93. The van der Waals surface area contributed by atoms with Crippen LogP contribution in [0.3, 0.4) is 0 Å². The molecule has 9 heteroatoms. The van der Waals surface area contributed by atoms with Crippen LogP contribution < -0.4 is 10.8 Å². The second kappa shape index (κ2) is 8.59. The van der Waals surface area contributed by atoms with Gasteiger partial charge in [-0.25, -0.2) is 5.48 Å². The molecule has 2 rings (SSSR count). The maximum atomic E-state index is 12.4. The fourth-order valence-electron chi connectivity index (χ4n) is 2.55. The fraction of sp³-hybridized carbons (Fsp3) is 0.294. The largest absolute Gasteiger partial charge is 0.494 e. The highest BCUT2D eigenvalue weighted by Crippen LogP contribution is 2.23. The number of hydrogen-bond acceptors (Lipinski definition) is 5. The summed E-state index contributed by atoms with van der Waals surface area (Å²) in [5.41, 5.74) is 1.95. The van der Waals surface area contributed by atoms with Gasteiger partial charge in [-0.3, -0.25) is 19.4 Å². The predicted octanol–water partition coefficient (Wildman–Crippen LogP) is 1.88. The summed E-state index contributed by atoms with van der Waals surface area (Å²) in [4.78, 5) is 24.0. The van der Waals surface area contributed by atoms with Gasteiger partial charge in [-0.15, -0.1) is 0 Å². The zero-order valence-corrected chi connectivity index (χ0v) is 14.8. The molecule has 2 atom stereocenters. The van der Waals surface area contributed by atoms with E-state index < -0.39 is 23.8 Å². The van der Waals surface area contributed by atoms with E-state index in [1.54, 1.807) is 36.7 Å². The van der Waals surface area contributed by atoms with Crippen LogP contribution in [-0.2, 0) is 11.3 Å². The van der Waals surface area contributed by atoms with Gasteiger partial charge in [0, 0.05) is 41.2 Å². The Morgan fingerprint density at radius 2 is 1.69 bits per heavy atom. The second-order valence-corrected chi connectivity index (χ2v) is 6.39. The van der Waals surface area contributed by atoms with E-state index >= 15 is 0 Å². The summed E-state index contributed by atoms with van der Waals surface area (Å²) in [6.07, 6.45) is 0.169. The summed E-state index contributed by atoms with van der Waals surface area (Å²) in [5.74, 6) is -1.96. The number of carbonyl (C=O) groups excluding carboxylic acids is 2. The molecule has 26 heavy (non-hydrogen) atoms. The van der Waals surface area contributed by atoms with Crippen molar-refractivity contribution in [2.45, 2.75) is 25.9 Å². The molecule has 1 aromatic heterocycles. The van der Waals surface area contributed by atoms with Crippen LogP contribution in [0.5, 0.6) is 11.8 Å². The van der Waals surface area contributed by atoms with E-state index in [-0.39, 0.29) is 24.7 Å². The third-order valence-corrected chi connectivity index (χ3v) is 4.23. The van der Waals surface area contributed by atoms with Crippen molar-refractivity contribution in [3.63, 3.8) is 0 Å². The molecule has 2 amide bonds. The lowest BCUT2D eigenvalue weighted by Gasteiger charge is -2.23. The van der Waals surface area contributed by atoms with Crippen LogP contribution in [0.2, 0.25) is 5.02 Å². The first kappa shape index (κ1) is 19.6. The predicted molar refractivity (Wildman–Crippen MR) is 94.2 cm³/mol. The Kier molecular flexibility index (Phi) is 6.48. The molecule has 0 bridgehead atoms. The highest BCUT2D eigenvalue weighted by Gasteiger charge is 2.23. The van der Waals surface area contributed by atoms with E-state index in [4.69, 9.17) is 16.8 Å². The van der Waals surface area contributed by atoms with Crippen molar-refractivity contribution in [2.24, 2.45) is 5.92 Å². The minimum absolute atomic E-state index is 0.0348. The van der Waals surface area contributed by atoms with E-state index in [1.807, 2.05) is 0 Å². The first-order valence-electron chi connectivity index (χ1n) is 7.89. The summed E-state index contributed by atoms with van der Waals surface area (Å²) < 4.78 is 1.20. The van der Waals surface area contributed by atoms with Crippen molar-refractivity contribution in [2.75, 3.05) is 0 Å². The van der Waals surface area contributed by atoms with Crippen LogP contribution in [-0.4, -0.2) is 37.8 Å². The van der Waals surface area contributed by atoms with Crippen LogP contribution >= 0.6 is 11.6 Å². The van der Waals surface area contributed by atoms with Crippen molar-refractivity contribution in [1.82, 2.24) is 15.4 Å². The van der Waals surface area contributed by atoms with E-state index in [0.717, 1.165) is 0 Å². The molecule has 0 spiro atoms. The lowest BCUT2D eigenvalue weighted by Crippen LogP contribution is -2.41. The molecule has 8 nitrogen and oxygen atoms in total. The number of carbonyl (C=O) groups is 2. The highest BCUT2D eigenvalue weighted by molar-refractivity contribution is 6.30. The molecule has 140 valence electrons. The number of hydrogen-bond donors (Lipinski definition) is 5. The molecule has 0 aliphatic carbocycles. The average molecular weight is 382 g/mol. The van der Waals surface area contributed by atoms with Gasteiger partial charge in [0.15, 0.2) is 11.8 Å². The van der Waals surface area contributed by atoms with E-state index in [1.165, 1.54) is 16.7 Å². The molecule has 0 radical (unpaired) electrons. The van der Waals surface area contributed by atoms with Crippen LogP contribution in [0.4, 0.5) is 0 Å². The van der Waals surface area contributed by atoms with Crippen molar-refractivity contribution in [3.8, 4) is 11.8 Å². The molecule has 0 aliphatic rings. The SMILES string of the molecule is C[C@@H](C[C@@H](Cn1c(O)ccc1O)NC(=O)c1ccc(Cl)cc1)C(=O)NO. The summed E-state index contributed by atoms with van der Waals surface area (Å²) >= 11 is 5.81. The van der Waals surface area contributed by atoms with Crippen molar-refractivity contribution >= 4 is 23.4 Å². The number of nitrogens with one attached hydrogen (secondary N) is 2. The quantitative estimate of drug-likeness (QED) is 0.370. The lowest BCUT2D eigenvalue weighted by atomic mass is 10.0. The monoisotopic (exact) mass is 381 g/mol. The van der Waals surface area contributed by atoms with Gasteiger partial charge in [-0.2, -0.15) is 0 Å². The highest BCUT2D eigenvalue weighted by atomic mass is 35.5. The number of nitrogens with zero attached hydrogens (tertiary/aromatic N) is 1. The maximum absolute atomic E-state index is 12.4. The molecular formula is C17H20ClN3O5. The summed E-state index contributed by atoms with van der Waals surface area (Å²) in [7, 11) is 0. The number of aromatic hydroxyl groups is 2. The molecule has 0 saturated carbocycles. The molecule has 1 heterocycles. The smallest absolute Gasteiger partial charge is 0.251 e. The minimum atomic E-state index is -0.615. The van der Waals surface area contributed by atoms with E-state index in [2.05, 4.69) is 5.32 Å². The lowest BCUT2D eigenvalue weighted by molar-refractivity contribution is -0.133. The molecule has 1 aromatic carbocycles. The second-order valence-electron chi connectivity index (χ2n) is 5.95. The number of aromatic nitrogens is 1. The Balaban J connectivity index is 2.17. The van der Waals surface area contributed by atoms with Crippen molar-refractivity contribution in [1.29, 1.82) is 0 Å². The molecular weight excluding hydrogens is 362 g/mol. The Morgan fingerprint density at radius 1 is 1.12 bits per heavy atom. The maximum Gasteiger partial charge on any atom is 0.251 e. The number of halogens is 1. The number of benzene rings is 1. The first-order valence-corrected chi connectivity index (χ1v) is 8.27. The third-order valence-electron chi connectivity index (χ3n) is 3.98. The van der Waals surface area contributed by atoms with Crippen LogP contribution in [0.1, 0.15) is 23.7 Å². The Hall–Kier alpha value is -2.71. The molecule has 2 aromatic rings. The van der Waals surface area contributed by atoms with Gasteiger partial charge in [0.25, 0.3) is 5.91 Å². The molecule has 0 aliphatic heterocycles. The molecule has 0 saturated heterocycles. The normalized spacial score (nSPS) is 13.0. The van der Waals surface area contributed by atoms with E-state index in [0.29, 0.717) is 10.6 Å². The van der Waals surface area contributed by atoms with Crippen LogP contribution in [0.15, 0.2) is 36.4 Å². The molecule has 0 fully saturated rings. The van der Waals surface area contributed by atoms with Crippen molar-refractivity contribution < 1.29 is 25.0 Å². The number of rotatable bonds is 7. The van der Waals surface area contributed by atoms with Crippen LogP contribution in [0.25, 0.3) is 0 Å². The summed E-state index contributed by atoms with van der Waals surface area (Å²) in [6.45, 7) is 1.62. The Bertz CT molecular complexity index is 756. The van der Waals surface area contributed by atoms with E-state index in [9.17, 15) is 19.8 Å². The Labute approximate surface area is 155 Å². The summed E-state index contributed by atoms with van der Waals surface area (Å²) in [6, 6.07) is 8.31. The van der Waals surface area contributed by atoms with Gasteiger partial charge in [-0.05, 0) is 30.7 Å². The van der Waals surface area contributed by atoms with Crippen molar-refractivity contribution in [3.05, 3.63) is 47.0 Å². The zero-order chi connectivity index (χ0) is 19.3. The van der Waals surface area contributed by atoms with Gasteiger partial charge in [0.2, 0.25) is 5.91 Å². The van der Waals surface area contributed by atoms with Gasteiger partial charge >= 0.3 is 0 Å². The van der Waals surface area contributed by atoms with Gasteiger partial charge in [0.05, 0.1) is 0 Å². The fourth-order valence-corrected chi connectivity index (χ4v) is 2.67. The standard InChI is InChI=1S/C17H20ClN3O5/c1-10(16(24)20-26)8-13(9-21-14(22)6-7-15(21)23)19-17(25)11-2-4-12(18)5-3-11/h2-7,10,13,22-23,26H,8-9H2,1H3,(H,19,25)(H,20,24)/t10-,13-/m0/s1. The summed E-state index contributed by atoms with van der Waals surface area (Å²) in [5, 5.41) is 31.6. The van der Waals surface area contributed by atoms with Gasteiger partial charge in [-0.1, -0.05) is 18.5 Å². The zero-order valence-electron chi connectivity index (χ0n) is 14.0. The van der Waals surface area contributed by atoms with Gasteiger partial charge in [0.1, 0.15) is 0 Å². The Morgan fingerprint density at radius 3 is 2.23 bits per heavy atom. The molecule has 0 unspecified atom stereocenters. The third kappa shape index (κ3) is 4.90. The molecule has 5 N–H and O–H groups in total. The van der Waals surface area contributed by atoms with Gasteiger partial charge < -0.3 is 15.5 Å². The number of hydroxylamine groups is 1. The minimum Gasteiger partial charge on any atom is -0.494 e.